The molecule has 1 aromatic carbocycles. The van der Waals surface area contributed by atoms with Crippen molar-refractivity contribution in [3.8, 4) is 0 Å². The van der Waals surface area contributed by atoms with E-state index in [9.17, 15) is 4.79 Å². The second-order valence-electron chi connectivity index (χ2n) is 5.03. The maximum absolute atomic E-state index is 12.5. The Morgan fingerprint density at radius 3 is 2.82 bits per heavy atom. The summed E-state index contributed by atoms with van der Waals surface area (Å²) in [6.45, 7) is 0.446. The molecule has 0 saturated carbocycles. The van der Waals surface area contributed by atoms with Crippen LogP contribution >= 0.6 is 0 Å². The van der Waals surface area contributed by atoms with Crippen LogP contribution in [0.1, 0.15) is 17.9 Å². The summed E-state index contributed by atoms with van der Waals surface area (Å²) in [5.41, 5.74) is 8.15. The molecule has 0 spiro atoms. The van der Waals surface area contributed by atoms with Crippen LogP contribution in [0.25, 0.3) is 11.0 Å². The first kappa shape index (κ1) is 14.2. The number of nitrogens with one attached hydrogen (secondary N) is 2. The minimum atomic E-state index is -0.284. The minimum absolute atomic E-state index is 0.105. The number of rotatable bonds is 5. The van der Waals surface area contributed by atoms with Gasteiger partial charge in [0.15, 0.2) is 0 Å². The highest BCUT2D eigenvalue weighted by Crippen LogP contribution is 2.21. The highest BCUT2D eigenvalue weighted by atomic mass is 16.1. The van der Waals surface area contributed by atoms with Gasteiger partial charge in [0.1, 0.15) is 11.3 Å². The van der Waals surface area contributed by atoms with Crippen LogP contribution in [0.15, 0.2) is 48.7 Å². The molecule has 0 radical (unpaired) electrons. The molecule has 0 saturated heterocycles. The lowest BCUT2D eigenvalue weighted by molar-refractivity contribution is -0.117. The molecule has 3 rings (SSSR count). The van der Waals surface area contributed by atoms with Crippen molar-refractivity contribution in [1.82, 2.24) is 15.2 Å². The monoisotopic (exact) mass is 295 g/mol. The van der Waals surface area contributed by atoms with Crippen LogP contribution < -0.4 is 11.1 Å². The number of fused-ring (bicyclic) bond motifs is 1. The van der Waals surface area contributed by atoms with E-state index in [0.29, 0.717) is 24.3 Å². The van der Waals surface area contributed by atoms with E-state index in [1.165, 1.54) is 0 Å². The molecule has 3 aromatic rings. The van der Waals surface area contributed by atoms with Crippen LogP contribution in [0.5, 0.6) is 0 Å². The number of amides is 1. The third-order valence-corrected chi connectivity index (χ3v) is 3.52. The minimum Gasteiger partial charge on any atom is -0.330 e. The zero-order valence-electron chi connectivity index (χ0n) is 12.0. The van der Waals surface area contributed by atoms with Gasteiger partial charge in [-0.1, -0.05) is 30.3 Å². The summed E-state index contributed by atoms with van der Waals surface area (Å²) < 4.78 is 0. The third kappa shape index (κ3) is 2.96. The Labute approximate surface area is 127 Å². The van der Waals surface area contributed by atoms with Crippen molar-refractivity contribution in [2.75, 3.05) is 11.9 Å². The lowest BCUT2D eigenvalue weighted by atomic mass is 9.95. The van der Waals surface area contributed by atoms with Crippen LogP contribution in [-0.4, -0.2) is 27.6 Å². The van der Waals surface area contributed by atoms with E-state index in [0.717, 1.165) is 11.1 Å². The van der Waals surface area contributed by atoms with E-state index in [2.05, 4.69) is 20.5 Å². The smallest absolute Gasteiger partial charge is 0.233 e. The Kier molecular flexibility index (Phi) is 4.11. The van der Waals surface area contributed by atoms with Crippen molar-refractivity contribution in [3.63, 3.8) is 0 Å². The molecular weight excluding hydrogens is 278 g/mol. The summed E-state index contributed by atoms with van der Waals surface area (Å²) in [4.78, 5) is 16.9. The van der Waals surface area contributed by atoms with Gasteiger partial charge in [-0.3, -0.25) is 9.89 Å². The average Bonchev–Trinajstić information content (AvgIpc) is 3.01. The van der Waals surface area contributed by atoms with E-state index < -0.39 is 0 Å². The zero-order chi connectivity index (χ0) is 15.4. The number of hydrogen-bond acceptors (Lipinski definition) is 4. The van der Waals surface area contributed by atoms with E-state index in [-0.39, 0.29) is 11.8 Å². The van der Waals surface area contributed by atoms with Crippen LogP contribution in [0.2, 0.25) is 0 Å². The predicted octanol–water partition coefficient (Wildman–Crippen LogP) is 2.03. The van der Waals surface area contributed by atoms with Crippen LogP contribution in [0, 0.1) is 0 Å². The van der Waals surface area contributed by atoms with Crippen molar-refractivity contribution in [2.24, 2.45) is 5.73 Å². The largest absolute Gasteiger partial charge is 0.330 e. The highest BCUT2D eigenvalue weighted by molar-refractivity contribution is 5.95. The molecule has 0 aliphatic heterocycles. The maximum Gasteiger partial charge on any atom is 0.233 e. The van der Waals surface area contributed by atoms with Gasteiger partial charge in [-0.05, 0) is 30.7 Å². The van der Waals surface area contributed by atoms with E-state index >= 15 is 0 Å². The summed E-state index contributed by atoms with van der Waals surface area (Å²) in [5.74, 6) is 0.122. The number of carbonyl (C=O) groups is 1. The van der Waals surface area contributed by atoms with Crippen molar-refractivity contribution in [3.05, 3.63) is 54.2 Å². The number of nitrogens with zero attached hydrogens (tertiary/aromatic N) is 2. The lowest BCUT2D eigenvalue weighted by Crippen LogP contribution is -2.24. The van der Waals surface area contributed by atoms with E-state index in [1.807, 2.05) is 36.4 Å². The van der Waals surface area contributed by atoms with Crippen LogP contribution in [-0.2, 0) is 4.79 Å². The number of H-pyrrole nitrogens is 1. The van der Waals surface area contributed by atoms with Gasteiger partial charge < -0.3 is 11.1 Å². The molecule has 112 valence electrons. The Hall–Kier alpha value is -2.73. The normalized spacial score (nSPS) is 12.2. The lowest BCUT2D eigenvalue weighted by Gasteiger charge is -2.16. The van der Waals surface area contributed by atoms with Gasteiger partial charge in [0.05, 0.1) is 17.6 Å². The average molecular weight is 295 g/mol. The van der Waals surface area contributed by atoms with Crippen molar-refractivity contribution in [1.29, 1.82) is 0 Å². The molecule has 0 fully saturated rings. The van der Waals surface area contributed by atoms with Gasteiger partial charge in [0.2, 0.25) is 5.91 Å². The SMILES string of the molecule is NCCC(C(=O)Nc1ccc2[nH]ncc2n1)c1ccccc1. The topological polar surface area (TPSA) is 96.7 Å². The molecular formula is C16H17N5O. The zero-order valence-corrected chi connectivity index (χ0v) is 12.0. The first-order valence-corrected chi connectivity index (χ1v) is 7.14. The molecule has 1 unspecified atom stereocenters. The number of aromatic amines is 1. The molecule has 4 N–H and O–H groups in total. The molecule has 0 aliphatic carbocycles. The third-order valence-electron chi connectivity index (χ3n) is 3.52. The molecule has 1 atom stereocenters. The van der Waals surface area contributed by atoms with Gasteiger partial charge in [0.25, 0.3) is 0 Å². The maximum atomic E-state index is 12.5. The highest BCUT2D eigenvalue weighted by Gasteiger charge is 2.20. The second-order valence-corrected chi connectivity index (χ2v) is 5.03. The van der Waals surface area contributed by atoms with Crippen molar-refractivity contribution in [2.45, 2.75) is 12.3 Å². The number of aromatic nitrogens is 3. The molecule has 2 aromatic heterocycles. The summed E-state index contributed by atoms with van der Waals surface area (Å²) in [7, 11) is 0. The summed E-state index contributed by atoms with van der Waals surface area (Å²) in [6, 6.07) is 13.2. The molecule has 0 aliphatic rings. The van der Waals surface area contributed by atoms with Gasteiger partial charge >= 0.3 is 0 Å². The second kappa shape index (κ2) is 6.36. The standard InChI is InChI=1S/C16H17N5O/c17-9-8-12(11-4-2-1-3-5-11)16(22)20-15-7-6-13-14(19-15)10-18-21-13/h1-7,10,12H,8-9,17H2,(H,18,21)(H,19,20,22). The fourth-order valence-electron chi connectivity index (χ4n) is 2.41. The quantitative estimate of drug-likeness (QED) is 0.671. The van der Waals surface area contributed by atoms with Crippen LogP contribution in [0.3, 0.4) is 0 Å². The molecule has 6 nitrogen and oxygen atoms in total. The van der Waals surface area contributed by atoms with Crippen LogP contribution in [0.4, 0.5) is 5.82 Å². The fourth-order valence-corrected chi connectivity index (χ4v) is 2.41. The number of pyridine rings is 1. The summed E-state index contributed by atoms with van der Waals surface area (Å²) >= 11 is 0. The number of anilines is 1. The van der Waals surface area contributed by atoms with E-state index in [4.69, 9.17) is 5.73 Å². The molecule has 0 bridgehead atoms. The molecule has 1 amide bonds. The predicted molar refractivity (Wildman–Crippen MR) is 85.4 cm³/mol. The Morgan fingerprint density at radius 2 is 2.05 bits per heavy atom. The fraction of sp³-hybridized carbons (Fsp3) is 0.188. The number of hydrogen-bond donors (Lipinski definition) is 3. The van der Waals surface area contributed by atoms with Gasteiger partial charge in [-0.15, -0.1) is 0 Å². The summed E-state index contributed by atoms with van der Waals surface area (Å²) in [6.07, 6.45) is 2.21. The van der Waals surface area contributed by atoms with Crippen molar-refractivity contribution >= 4 is 22.8 Å². The summed E-state index contributed by atoms with van der Waals surface area (Å²) in [5, 5.41) is 9.60. The molecule has 22 heavy (non-hydrogen) atoms. The Morgan fingerprint density at radius 1 is 1.23 bits per heavy atom. The van der Waals surface area contributed by atoms with Gasteiger partial charge in [0, 0.05) is 0 Å². The Balaban J connectivity index is 1.81. The van der Waals surface area contributed by atoms with Gasteiger partial charge in [-0.25, -0.2) is 4.98 Å². The number of nitrogens with two attached hydrogens (primary N) is 1. The van der Waals surface area contributed by atoms with E-state index in [1.54, 1.807) is 12.3 Å². The van der Waals surface area contributed by atoms with Crippen molar-refractivity contribution < 1.29 is 4.79 Å². The molecule has 6 heteroatoms. The first-order chi connectivity index (χ1) is 10.8. The number of benzene rings is 1. The molecule has 2 heterocycles. The first-order valence-electron chi connectivity index (χ1n) is 7.14. The number of carbonyl (C=O) groups excluding carboxylic acids is 1. The van der Waals surface area contributed by atoms with Gasteiger partial charge in [-0.2, -0.15) is 5.10 Å². The Bertz CT molecular complexity index is 768.